The fourth-order valence-electron chi connectivity index (χ4n) is 5.60. The van der Waals surface area contributed by atoms with Crippen LogP contribution in [0.15, 0.2) is 97.1 Å². The molecule has 0 fully saturated rings. The zero-order chi connectivity index (χ0) is 39.8. The highest BCUT2D eigenvalue weighted by atomic mass is 16.2. The summed E-state index contributed by atoms with van der Waals surface area (Å²) in [5.74, 6) is 23.0. The lowest BCUT2D eigenvalue weighted by molar-refractivity contribution is -0.117. The predicted molar refractivity (Wildman–Crippen MR) is 225 cm³/mol. The lowest BCUT2D eigenvalue weighted by Gasteiger charge is -2.06. The maximum absolute atomic E-state index is 12.5. The minimum atomic E-state index is -0.139. The van der Waals surface area contributed by atoms with E-state index in [0.29, 0.717) is 35.6 Å². The molecule has 0 spiro atoms. The van der Waals surface area contributed by atoms with E-state index in [2.05, 4.69) is 68.6 Å². The molecule has 0 bridgehead atoms. The van der Waals surface area contributed by atoms with Crippen LogP contribution in [-0.4, -0.2) is 23.6 Å². The van der Waals surface area contributed by atoms with E-state index in [9.17, 15) is 19.2 Å². The average molecular weight is 743 g/mol. The van der Waals surface area contributed by atoms with Gasteiger partial charge in [-0.1, -0.05) is 86.5 Å². The van der Waals surface area contributed by atoms with Crippen LogP contribution in [0.25, 0.3) is 0 Å². The molecule has 0 radical (unpaired) electrons. The number of hydrogen-bond donors (Lipinski definition) is 4. The second-order valence-corrected chi connectivity index (χ2v) is 13.1. The standard InChI is InChI=1S/C48H46N4O4/c1-37(53)49-43-27-15-23-39(33-43)19-11-13-21-41-25-17-29-45(35-41)51-47(55)31-9-7-5-3-4-6-8-10-32-48(56)52-46-30-18-26-42(36-46)22-14-12-20-40-24-16-28-44(34-40)50-38(2)54/h15-18,23-30,33-36H,3-10,31-32H2,1-2H3,(H,49,53)(H,50,54)(H,51,55)(H,52,56). The molecule has 282 valence electrons. The Balaban J connectivity index is 1.04. The van der Waals surface area contributed by atoms with Crippen LogP contribution < -0.4 is 21.3 Å². The monoisotopic (exact) mass is 742 g/mol. The number of rotatable bonds is 15. The normalized spacial score (nSPS) is 9.68. The number of anilines is 4. The van der Waals surface area contributed by atoms with E-state index in [1.54, 1.807) is 24.3 Å². The Morgan fingerprint density at radius 1 is 0.393 bits per heavy atom. The summed E-state index contributed by atoms with van der Waals surface area (Å²) in [7, 11) is 0. The molecule has 0 unspecified atom stereocenters. The molecule has 4 amide bonds. The van der Waals surface area contributed by atoms with Crippen molar-refractivity contribution >= 4 is 46.4 Å². The first kappa shape index (κ1) is 41.8. The number of carbonyl (C=O) groups excluding carboxylic acids is 4. The SMILES string of the molecule is CC(=O)Nc1cccc(C#CC#Cc2cccc(NC(=O)CCCCCCCCCCC(=O)Nc3cccc(C#CC#Cc4cccc(NC(C)=O)c4)c3)c2)c1. The second-order valence-electron chi connectivity index (χ2n) is 13.1. The summed E-state index contributed by atoms with van der Waals surface area (Å²) < 4.78 is 0. The third kappa shape index (κ3) is 17.2. The van der Waals surface area contributed by atoms with Gasteiger partial charge in [-0.25, -0.2) is 0 Å². The molecule has 4 aromatic carbocycles. The number of carbonyl (C=O) groups is 4. The van der Waals surface area contributed by atoms with Gasteiger partial charge in [0.1, 0.15) is 0 Å². The quantitative estimate of drug-likeness (QED) is 0.0720. The van der Waals surface area contributed by atoms with Crippen LogP contribution in [0.1, 0.15) is 100 Å². The van der Waals surface area contributed by atoms with Gasteiger partial charge in [0.25, 0.3) is 0 Å². The first-order valence-corrected chi connectivity index (χ1v) is 18.8. The van der Waals surface area contributed by atoms with Crippen LogP contribution in [0.4, 0.5) is 22.7 Å². The van der Waals surface area contributed by atoms with Crippen molar-refractivity contribution in [3.63, 3.8) is 0 Å². The summed E-state index contributed by atoms with van der Waals surface area (Å²) in [4.78, 5) is 47.5. The molecule has 4 rings (SSSR count). The third-order valence-electron chi connectivity index (χ3n) is 8.17. The molecule has 0 aliphatic carbocycles. The topological polar surface area (TPSA) is 116 Å². The molecule has 8 nitrogen and oxygen atoms in total. The molecule has 0 saturated heterocycles. The van der Waals surface area contributed by atoms with Crippen molar-refractivity contribution in [2.24, 2.45) is 0 Å². The zero-order valence-corrected chi connectivity index (χ0v) is 31.9. The van der Waals surface area contributed by atoms with Gasteiger partial charge in [-0.3, -0.25) is 19.2 Å². The number of benzene rings is 4. The van der Waals surface area contributed by atoms with Gasteiger partial charge in [0.15, 0.2) is 0 Å². The van der Waals surface area contributed by atoms with Crippen LogP contribution in [0, 0.1) is 47.4 Å². The van der Waals surface area contributed by atoms with Crippen LogP contribution in [0.3, 0.4) is 0 Å². The summed E-state index contributed by atoms with van der Waals surface area (Å²) in [6.07, 6.45) is 8.97. The minimum absolute atomic E-state index is 0.0138. The van der Waals surface area contributed by atoms with Crippen molar-refractivity contribution in [1.82, 2.24) is 0 Å². The van der Waals surface area contributed by atoms with Gasteiger partial charge in [-0.15, -0.1) is 0 Å². The van der Waals surface area contributed by atoms with Crippen LogP contribution in [0.5, 0.6) is 0 Å². The number of amides is 4. The van der Waals surface area contributed by atoms with E-state index >= 15 is 0 Å². The van der Waals surface area contributed by atoms with Crippen molar-refractivity contribution in [3.05, 3.63) is 119 Å². The van der Waals surface area contributed by atoms with Gasteiger partial charge in [-0.05, 0) is 109 Å². The first-order chi connectivity index (χ1) is 27.2. The third-order valence-corrected chi connectivity index (χ3v) is 8.17. The van der Waals surface area contributed by atoms with Gasteiger partial charge in [0, 0.05) is 71.7 Å². The largest absolute Gasteiger partial charge is 0.326 e. The lowest BCUT2D eigenvalue weighted by atomic mass is 10.1. The number of unbranched alkanes of at least 4 members (excludes halogenated alkanes) is 7. The highest BCUT2D eigenvalue weighted by Crippen LogP contribution is 2.15. The Morgan fingerprint density at radius 2 is 0.661 bits per heavy atom. The number of nitrogens with one attached hydrogen (secondary N) is 4. The fraction of sp³-hybridized carbons (Fsp3) is 0.250. The van der Waals surface area contributed by atoms with Crippen LogP contribution in [-0.2, 0) is 19.2 Å². The number of hydrogen-bond acceptors (Lipinski definition) is 4. The molecule has 0 atom stereocenters. The lowest BCUT2D eigenvalue weighted by Crippen LogP contribution is -2.11. The second kappa shape index (κ2) is 23.6. The van der Waals surface area contributed by atoms with Crippen molar-refractivity contribution in [1.29, 1.82) is 0 Å². The van der Waals surface area contributed by atoms with Gasteiger partial charge in [0.2, 0.25) is 23.6 Å². The van der Waals surface area contributed by atoms with E-state index < -0.39 is 0 Å². The molecule has 0 saturated carbocycles. The first-order valence-electron chi connectivity index (χ1n) is 18.8. The van der Waals surface area contributed by atoms with Crippen molar-refractivity contribution < 1.29 is 19.2 Å². The Labute approximate surface area is 330 Å². The van der Waals surface area contributed by atoms with E-state index in [-0.39, 0.29) is 23.6 Å². The molecule has 4 aromatic rings. The maximum atomic E-state index is 12.5. The van der Waals surface area contributed by atoms with E-state index in [0.717, 1.165) is 73.6 Å². The molecule has 0 aliphatic rings. The molecule has 0 aliphatic heterocycles. The summed E-state index contributed by atoms with van der Waals surface area (Å²) >= 11 is 0. The summed E-state index contributed by atoms with van der Waals surface area (Å²) in [5.41, 5.74) is 5.79. The Kier molecular flexibility index (Phi) is 17.6. The van der Waals surface area contributed by atoms with E-state index in [4.69, 9.17) is 0 Å². The molecule has 56 heavy (non-hydrogen) atoms. The molecule has 0 heterocycles. The Hall–Kier alpha value is -7.00. The van der Waals surface area contributed by atoms with Crippen LogP contribution in [0.2, 0.25) is 0 Å². The maximum Gasteiger partial charge on any atom is 0.224 e. The van der Waals surface area contributed by atoms with Crippen molar-refractivity contribution in [2.45, 2.75) is 78.1 Å². The van der Waals surface area contributed by atoms with Gasteiger partial charge >= 0.3 is 0 Å². The molecular weight excluding hydrogens is 697 g/mol. The van der Waals surface area contributed by atoms with E-state index in [1.807, 2.05) is 72.8 Å². The van der Waals surface area contributed by atoms with Gasteiger partial charge in [0.05, 0.1) is 0 Å². The average Bonchev–Trinajstić information content (AvgIpc) is 3.16. The summed E-state index contributed by atoms with van der Waals surface area (Å²) in [6.45, 7) is 2.92. The molecular formula is C48H46N4O4. The molecule has 8 heteroatoms. The summed E-state index contributed by atoms with van der Waals surface area (Å²) in [6, 6.07) is 29.3. The van der Waals surface area contributed by atoms with Crippen molar-refractivity contribution in [3.8, 4) is 47.4 Å². The van der Waals surface area contributed by atoms with E-state index in [1.165, 1.54) is 13.8 Å². The summed E-state index contributed by atoms with van der Waals surface area (Å²) in [5, 5.41) is 11.4. The zero-order valence-electron chi connectivity index (χ0n) is 31.9. The predicted octanol–water partition coefficient (Wildman–Crippen LogP) is 8.89. The van der Waals surface area contributed by atoms with Crippen LogP contribution >= 0.6 is 0 Å². The highest BCUT2D eigenvalue weighted by Gasteiger charge is 2.05. The minimum Gasteiger partial charge on any atom is -0.326 e. The molecule has 4 N–H and O–H groups in total. The smallest absolute Gasteiger partial charge is 0.224 e. The molecule has 0 aromatic heterocycles. The fourth-order valence-corrected chi connectivity index (χ4v) is 5.60. The highest BCUT2D eigenvalue weighted by molar-refractivity contribution is 5.92. The van der Waals surface area contributed by atoms with Crippen molar-refractivity contribution in [2.75, 3.05) is 21.3 Å². The Bertz CT molecular complexity index is 2100. The van der Waals surface area contributed by atoms with Gasteiger partial charge in [-0.2, -0.15) is 0 Å². The Morgan fingerprint density at radius 3 is 0.946 bits per heavy atom. The van der Waals surface area contributed by atoms with Gasteiger partial charge < -0.3 is 21.3 Å².